The molecule has 0 aliphatic heterocycles. The second-order valence-corrected chi connectivity index (χ2v) is 7.82. The Kier molecular flexibility index (Phi) is 6.07. The Morgan fingerprint density at radius 3 is 2.55 bits per heavy atom. The largest absolute Gasteiger partial charge is 0.507 e. The molecule has 1 aromatic heterocycles. The van der Waals surface area contributed by atoms with Crippen LogP contribution in [0, 0.1) is 6.92 Å². The quantitative estimate of drug-likeness (QED) is 0.342. The van der Waals surface area contributed by atoms with E-state index in [0.717, 1.165) is 28.1 Å². The lowest BCUT2D eigenvalue weighted by Gasteiger charge is -2.12. The standard InChI is InChI=1S/C24H20Cl2N2O3/c1-14-23(19-5-3-4-6-22(19)30-2)24(28-27-14)18-10-9-17(12-21(18)29)31-13-15-7-8-16(25)11-20(15)26/h3-12,29H,13H2,1-2H3,(H,27,28). The fourth-order valence-electron chi connectivity index (χ4n) is 3.41. The molecule has 31 heavy (non-hydrogen) atoms. The van der Waals surface area contributed by atoms with E-state index < -0.39 is 0 Å². The number of methoxy groups -OCH3 is 1. The molecule has 4 aromatic rings. The number of aromatic nitrogens is 2. The Labute approximate surface area is 190 Å². The van der Waals surface area contributed by atoms with E-state index in [-0.39, 0.29) is 12.4 Å². The summed E-state index contributed by atoms with van der Waals surface area (Å²) in [5, 5.41) is 19.3. The summed E-state index contributed by atoms with van der Waals surface area (Å²) >= 11 is 12.1. The summed E-state index contributed by atoms with van der Waals surface area (Å²) in [4.78, 5) is 0. The normalized spacial score (nSPS) is 10.8. The van der Waals surface area contributed by atoms with Crippen LogP contribution in [0.15, 0.2) is 60.7 Å². The number of para-hydroxylation sites is 1. The minimum atomic E-state index is 0.0577. The SMILES string of the molecule is COc1ccccc1-c1c(-c2ccc(OCc3ccc(Cl)cc3Cl)cc2O)n[nH]c1C. The second kappa shape index (κ2) is 8.92. The minimum absolute atomic E-state index is 0.0577. The Morgan fingerprint density at radius 2 is 1.81 bits per heavy atom. The van der Waals surface area contributed by atoms with Gasteiger partial charge in [-0.25, -0.2) is 0 Å². The van der Waals surface area contributed by atoms with Gasteiger partial charge in [0.15, 0.2) is 0 Å². The highest BCUT2D eigenvalue weighted by molar-refractivity contribution is 6.35. The Morgan fingerprint density at radius 1 is 1.00 bits per heavy atom. The summed E-state index contributed by atoms with van der Waals surface area (Å²) in [5.41, 5.74) is 4.65. The van der Waals surface area contributed by atoms with Crippen LogP contribution in [0.25, 0.3) is 22.4 Å². The van der Waals surface area contributed by atoms with Crippen LogP contribution in [0.4, 0.5) is 0 Å². The van der Waals surface area contributed by atoms with Crippen molar-refractivity contribution >= 4 is 23.2 Å². The monoisotopic (exact) mass is 454 g/mol. The zero-order valence-corrected chi connectivity index (χ0v) is 18.5. The van der Waals surface area contributed by atoms with E-state index in [1.54, 1.807) is 37.4 Å². The number of benzene rings is 3. The number of aromatic amines is 1. The van der Waals surface area contributed by atoms with E-state index in [0.29, 0.717) is 27.1 Å². The number of ether oxygens (including phenoxy) is 2. The molecule has 3 aromatic carbocycles. The van der Waals surface area contributed by atoms with Crippen molar-refractivity contribution in [3.8, 4) is 39.6 Å². The number of rotatable bonds is 6. The highest BCUT2D eigenvalue weighted by atomic mass is 35.5. The molecule has 0 aliphatic rings. The molecule has 0 amide bonds. The third-order valence-corrected chi connectivity index (χ3v) is 5.54. The van der Waals surface area contributed by atoms with Gasteiger partial charge in [-0.05, 0) is 37.3 Å². The zero-order chi connectivity index (χ0) is 22.0. The van der Waals surface area contributed by atoms with Gasteiger partial charge in [-0.15, -0.1) is 0 Å². The first-order chi connectivity index (χ1) is 15.0. The molecule has 4 rings (SSSR count). The first-order valence-electron chi connectivity index (χ1n) is 9.56. The number of halogens is 2. The molecule has 7 heteroatoms. The third kappa shape index (κ3) is 4.33. The van der Waals surface area contributed by atoms with Crippen LogP contribution in [0.5, 0.6) is 17.2 Å². The van der Waals surface area contributed by atoms with Gasteiger partial charge in [0, 0.05) is 44.1 Å². The summed E-state index contributed by atoms with van der Waals surface area (Å²) < 4.78 is 11.3. The highest BCUT2D eigenvalue weighted by Crippen LogP contribution is 2.41. The van der Waals surface area contributed by atoms with E-state index in [2.05, 4.69) is 10.2 Å². The first-order valence-corrected chi connectivity index (χ1v) is 10.3. The van der Waals surface area contributed by atoms with Gasteiger partial charge in [-0.1, -0.05) is 47.5 Å². The van der Waals surface area contributed by atoms with Crippen molar-refractivity contribution in [1.29, 1.82) is 0 Å². The summed E-state index contributed by atoms with van der Waals surface area (Å²) in [6.07, 6.45) is 0. The number of nitrogens with zero attached hydrogens (tertiary/aromatic N) is 1. The molecule has 0 bridgehead atoms. The molecule has 158 valence electrons. The topological polar surface area (TPSA) is 67.4 Å². The van der Waals surface area contributed by atoms with Gasteiger partial charge in [-0.2, -0.15) is 5.10 Å². The number of hydrogen-bond acceptors (Lipinski definition) is 4. The maximum atomic E-state index is 10.7. The first kappa shape index (κ1) is 21.1. The predicted molar refractivity (Wildman–Crippen MR) is 123 cm³/mol. The van der Waals surface area contributed by atoms with Crippen LogP contribution in [-0.2, 0) is 6.61 Å². The van der Waals surface area contributed by atoms with Crippen LogP contribution in [0.3, 0.4) is 0 Å². The van der Waals surface area contributed by atoms with Gasteiger partial charge in [0.1, 0.15) is 29.5 Å². The van der Waals surface area contributed by atoms with Crippen LogP contribution in [0.2, 0.25) is 10.0 Å². The van der Waals surface area contributed by atoms with Crippen molar-refractivity contribution in [2.24, 2.45) is 0 Å². The fourth-order valence-corrected chi connectivity index (χ4v) is 3.87. The lowest BCUT2D eigenvalue weighted by atomic mass is 9.98. The highest BCUT2D eigenvalue weighted by Gasteiger charge is 2.20. The second-order valence-electron chi connectivity index (χ2n) is 6.98. The van der Waals surface area contributed by atoms with Gasteiger partial charge in [0.2, 0.25) is 0 Å². The third-order valence-electron chi connectivity index (χ3n) is 4.96. The van der Waals surface area contributed by atoms with Gasteiger partial charge in [0.25, 0.3) is 0 Å². The Hall–Kier alpha value is -3.15. The molecule has 0 unspecified atom stereocenters. The van der Waals surface area contributed by atoms with E-state index in [1.165, 1.54) is 0 Å². The fraction of sp³-hybridized carbons (Fsp3) is 0.125. The van der Waals surface area contributed by atoms with Crippen molar-refractivity contribution in [3.63, 3.8) is 0 Å². The average molecular weight is 455 g/mol. The number of H-pyrrole nitrogens is 1. The van der Waals surface area contributed by atoms with Crippen LogP contribution in [0.1, 0.15) is 11.3 Å². The summed E-state index contributed by atoms with van der Waals surface area (Å²) in [5.74, 6) is 1.30. The maximum absolute atomic E-state index is 10.7. The van der Waals surface area contributed by atoms with Gasteiger partial charge >= 0.3 is 0 Å². The van der Waals surface area contributed by atoms with E-state index in [4.69, 9.17) is 32.7 Å². The van der Waals surface area contributed by atoms with Crippen LogP contribution < -0.4 is 9.47 Å². The van der Waals surface area contributed by atoms with Gasteiger partial charge in [0.05, 0.1) is 7.11 Å². The number of nitrogens with one attached hydrogen (secondary N) is 1. The molecule has 1 heterocycles. The number of aromatic hydroxyl groups is 1. The predicted octanol–water partition coefficient (Wildman–Crippen LogP) is 6.65. The molecular weight excluding hydrogens is 435 g/mol. The van der Waals surface area contributed by atoms with Crippen LogP contribution in [-0.4, -0.2) is 22.4 Å². The van der Waals surface area contributed by atoms with Gasteiger partial charge < -0.3 is 14.6 Å². The Balaban J connectivity index is 1.64. The summed E-state index contributed by atoms with van der Waals surface area (Å²) in [7, 11) is 1.63. The Bertz CT molecular complexity index is 1240. The van der Waals surface area contributed by atoms with E-state index in [9.17, 15) is 5.11 Å². The molecule has 0 saturated carbocycles. The molecular formula is C24H20Cl2N2O3. The van der Waals surface area contributed by atoms with Gasteiger partial charge in [-0.3, -0.25) is 5.10 Å². The molecule has 5 nitrogen and oxygen atoms in total. The van der Waals surface area contributed by atoms with Crippen molar-refractivity contribution in [2.45, 2.75) is 13.5 Å². The van der Waals surface area contributed by atoms with Crippen LogP contribution >= 0.6 is 23.2 Å². The lowest BCUT2D eigenvalue weighted by Crippen LogP contribution is -1.96. The molecule has 0 spiro atoms. The number of phenols is 1. The smallest absolute Gasteiger partial charge is 0.128 e. The number of hydrogen-bond donors (Lipinski definition) is 2. The molecule has 2 N–H and O–H groups in total. The summed E-state index contributed by atoms with van der Waals surface area (Å²) in [6, 6.07) is 18.1. The van der Waals surface area contributed by atoms with Crippen molar-refractivity contribution < 1.29 is 14.6 Å². The lowest BCUT2D eigenvalue weighted by molar-refractivity contribution is 0.304. The van der Waals surface area contributed by atoms with Crippen molar-refractivity contribution in [1.82, 2.24) is 10.2 Å². The minimum Gasteiger partial charge on any atom is -0.507 e. The summed E-state index contributed by atoms with van der Waals surface area (Å²) in [6.45, 7) is 2.19. The zero-order valence-electron chi connectivity index (χ0n) is 16.9. The van der Waals surface area contributed by atoms with Crippen molar-refractivity contribution in [2.75, 3.05) is 7.11 Å². The van der Waals surface area contributed by atoms with E-state index >= 15 is 0 Å². The molecule has 0 radical (unpaired) electrons. The average Bonchev–Trinajstić information content (AvgIpc) is 3.14. The number of aryl methyl sites for hydroxylation is 1. The molecule has 0 fully saturated rings. The molecule has 0 saturated heterocycles. The molecule has 0 atom stereocenters. The molecule has 0 aliphatic carbocycles. The van der Waals surface area contributed by atoms with E-state index in [1.807, 2.05) is 37.3 Å². The maximum Gasteiger partial charge on any atom is 0.128 e. The number of phenolic OH excluding ortho intramolecular Hbond substituents is 1. The van der Waals surface area contributed by atoms with Crippen molar-refractivity contribution in [3.05, 3.63) is 82.0 Å².